The van der Waals surface area contributed by atoms with Gasteiger partial charge in [-0.15, -0.1) is 13.2 Å². The van der Waals surface area contributed by atoms with Crippen LogP contribution in [0.2, 0.25) is 0 Å². The number of fused-ring (bicyclic) bond motifs is 2. The maximum atomic E-state index is 14.2. The quantitative estimate of drug-likeness (QED) is 0.00517. The first kappa shape index (κ1) is 105. The number of carbonyl (C=O) groups excluding carboxylic acids is 10. The Kier molecular flexibility index (Phi) is 38.1. The average molecular weight is 1980 g/mol. The van der Waals surface area contributed by atoms with Gasteiger partial charge in [-0.2, -0.15) is 6.67 Å². The number of aryl methyl sites for hydroxylation is 6. The minimum atomic E-state index is -2.03. The number of non-ortho nitro benzene ring substituents is 3. The minimum Gasteiger partial charge on any atom is -0.502 e. The maximum absolute atomic E-state index is 14.2. The van der Waals surface area contributed by atoms with E-state index in [0.717, 1.165) is 103 Å². The van der Waals surface area contributed by atoms with Crippen molar-refractivity contribution in [3.05, 3.63) is 216 Å². The van der Waals surface area contributed by atoms with Gasteiger partial charge in [-0.3, -0.25) is 49.0 Å². The summed E-state index contributed by atoms with van der Waals surface area (Å²) in [6.45, 7) is 28.7. The van der Waals surface area contributed by atoms with Crippen molar-refractivity contribution in [2.45, 2.75) is 264 Å². The van der Waals surface area contributed by atoms with Crippen LogP contribution in [-0.2, 0) is 70.7 Å². The summed E-state index contributed by atoms with van der Waals surface area (Å²) < 4.78 is 38.7. The van der Waals surface area contributed by atoms with Gasteiger partial charge < -0.3 is 58.7 Å². The number of hydrogen-bond donors (Lipinski definition) is 2. The predicted molar refractivity (Wildman–Crippen MR) is 503 cm³/mol. The van der Waals surface area contributed by atoms with E-state index in [1.165, 1.54) is 129 Å². The van der Waals surface area contributed by atoms with E-state index in [1.54, 1.807) is 16.8 Å². The molecule has 4 amide bonds. The number of nitro benzene ring substituents is 3. The zero-order valence-corrected chi connectivity index (χ0v) is 81.1. The number of nitrogens with zero attached hydrogens (tertiary/aromatic N) is 7. The minimum absolute atomic E-state index is 0.000291. The number of methoxy groups -OCH3 is 2. The number of nitrogens with one attached hydrogen (secondary N) is 2. The number of aliphatic hydroxyl groups is 1. The third-order valence-electron chi connectivity index (χ3n) is 25.7. The SMILES string of the molecule is C=CCCCCC[C@H](NC(=O)OC1CCCC1)C(=O)N1C[C@@H](OC(=O)c2ccc([N+](=O)[O-])cc2)C[C@H]1C(=O)C[C@]1(C(=O)OC)C[C@H]1C=C.CC(C)[OH+]c1ccc([N+](=O)[O-])cc1[CH]=[Ru]([Cl])[Cl].COC(=O)[C@]12CC(=O)[C@@H]3C[C@H](OC(=O)c4ccc([N+](=O)[O-])cc4)CN3C(=O)[C@@H](NC(=O)OC3CCCC3)CCCCC/C=C\[C@@H]1C2.Cc1cc(C)c(N2[CH-]N(c3c(C)cc(C)cc3C)CC2)c(C)c1. The van der Waals surface area contributed by atoms with Gasteiger partial charge in [0.25, 0.3) is 11.4 Å². The first-order chi connectivity index (χ1) is 63.9. The Balaban J connectivity index is 0.000000199. The van der Waals surface area contributed by atoms with E-state index in [0.29, 0.717) is 49.8 Å². The summed E-state index contributed by atoms with van der Waals surface area (Å²) in [5.41, 5.74) is 9.16. The Morgan fingerprint density at radius 2 is 1.15 bits per heavy atom. The van der Waals surface area contributed by atoms with Crippen molar-refractivity contribution in [1.29, 1.82) is 0 Å². The first-order valence-corrected chi connectivity index (χ1v) is 51.3. The molecule has 3 saturated heterocycles. The normalized spacial score (nSPS) is 22.6. The van der Waals surface area contributed by atoms with Crippen LogP contribution in [0.3, 0.4) is 0 Å². The van der Waals surface area contributed by atoms with E-state index in [1.807, 2.05) is 32.1 Å². The molecule has 726 valence electrons. The van der Waals surface area contributed by atoms with Crippen LogP contribution in [0.1, 0.15) is 228 Å². The number of amides is 4. The number of unbranched alkanes of at least 4 members (excludes halogenated alkanes) is 3. The molecule has 3 N–H and O–H groups in total. The maximum Gasteiger partial charge on any atom is 0.408 e. The van der Waals surface area contributed by atoms with Crippen LogP contribution in [0.25, 0.3) is 0 Å². The Morgan fingerprint density at radius 1 is 0.627 bits per heavy atom. The van der Waals surface area contributed by atoms with Crippen LogP contribution in [0, 0.1) is 101 Å². The number of ether oxygens (including phenoxy) is 7. The average Bonchev–Trinajstić information content (AvgIpc) is 1.58. The van der Waals surface area contributed by atoms with E-state index in [-0.39, 0.29) is 103 Å². The molecule has 4 heterocycles. The van der Waals surface area contributed by atoms with E-state index in [4.69, 9.17) is 47.8 Å². The van der Waals surface area contributed by atoms with Gasteiger partial charge in [0.05, 0.1) is 71.2 Å². The smallest absolute Gasteiger partial charge is 0.408 e. The number of nitro groups is 3. The number of rotatable bonds is 29. The van der Waals surface area contributed by atoms with Crippen molar-refractivity contribution in [3.8, 4) is 5.75 Å². The molecule has 0 spiro atoms. The molecule has 35 heteroatoms. The molecule has 0 unspecified atom stereocenters. The second kappa shape index (κ2) is 48.7. The van der Waals surface area contributed by atoms with Gasteiger partial charge in [0.15, 0.2) is 11.6 Å². The van der Waals surface area contributed by atoms with E-state index in [2.05, 4.69) is 111 Å². The summed E-state index contributed by atoms with van der Waals surface area (Å²) >= 11 is -2.03. The van der Waals surface area contributed by atoms with Crippen molar-refractivity contribution in [3.63, 3.8) is 0 Å². The Hall–Kier alpha value is -11.3. The van der Waals surface area contributed by atoms with Crippen LogP contribution >= 0.6 is 19.4 Å². The number of likely N-dealkylation sites (tertiary alicyclic amines) is 1. The largest absolute Gasteiger partial charge is 0.502 e. The van der Waals surface area contributed by atoms with Gasteiger partial charge >= 0.3 is 148 Å². The third-order valence-corrected chi connectivity index (χ3v) is 27.5. The fourth-order valence-corrected chi connectivity index (χ4v) is 20.8. The molecule has 0 bridgehead atoms. The summed E-state index contributed by atoms with van der Waals surface area (Å²) in [6, 6.07) is 19.4. The van der Waals surface area contributed by atoms with Gasteiger partial charge in [-0.1, -0.05) is 85.4 Å². The molecule has 8 aliphatic rings. The molecule has 5 aromatic rings. The van der Waals surface area contributed by atoms with Crippen LogP contribution < -0.4 is 20.4 Å². The molecular formula is C99H125Cl2N9O23Ru. The zero-order valence-electron chi connectivity index (χ0n) is 77.9. The zero-order chi connectivity index (χ0) is 97.4. The molecule has 0 aromatic heterocycles. The number of alkyl carbamates (subject to hydrolysis) is 2. The second-order valence-corrected chi connectivity index (χ2v) is 41.8. The molecule has 7 fully saturated rings. The topological polar surface area (TPSA) is 405 Å². The van der Waals surface area contributed by atoms with Crippen LogP contribution in [-0.4, -0.2) is 188 Å². The van der Waals surface area contributed by atoms with Gasteiger partial charge in [-0.05, 0) is 203 Å². The number of esters is 4. The molecule has 10 atom stereocenters. The number of hydrogen-bond acceptors (Lipinski definition) is 24. The molecular weight excluding hydrogens is 1860 g/mol. The van der Waals surface area contributed by atoms with Crippen LogP contribution in [0.5, 0.6) is 5.75 Å². The molecule has 5 aromatic carbocycles. The second-order valence-electron chi connectivity index (χ2n) is 36.1. The molecule has 0 radical (unpaired) electrons. The Morgan fingerprint density at radius 3 is 1.65 bits per heavy atom. The van der Waals surface area contributed by atoms with Crippen LogP contribution in [0.15, 0.2) is 128 Å². The number of Topliss-reactive ketones (excluding diaryl/α,β-unsaturated/α-hetero) is 2. The summed E-state index contributed by atoms with van der Waals surface area (Å²) in [6.07, 6.45) is 18.2. The van der Waals surface area contributed by atoms with Crippen molar-refractivity contribution in [2.24, 2.45) is 22.7 Å². The number of anilines is 2. The monoisotopic (exact) mass is 1980 g/mol. The van der Waals surface area contributed by atoms with Gasteiger partial charge in [0.1, 0.15) is 36.5 Å². The van der Waals surface area contributed by atoms with E-state index >= 15 is 0 Å². The summed E-state index contributed by atoms with van der Waals surface area (Å²) in [5.74, 6) is -4.02. The fourth-order valence-electron chi connectivity index (χ4n) is 19.0. The fraction of sp³-hybridized carbons (Fsp3) is 0.515. The molecule has 32 nitrogen and oxygen atoms in total. The van der Waals surface area contributed by atoms with Crippen LogP contribution in [0.4, 0.5) is 38.0 Å². The van der Waals surface area contributed by atoms with Gasteiger partial charge in [0, 0.05) is 74.4 Å². The number of benzene rings is 5. The molecule has 13 rings (SSSR count). The van der Waals surface area contributed by atoms with Crippen molar-refractivity contribution < 1.29 is 109 Å². The van der Waals surface area contributed by atoms with Gasteiger partial charge in [0.2, 0.25) is 11.8 Å². The number of halogens is 2. The molecule has 4 aliphatic carbocycles. The first-order valence-electron chi connectivity index (χ1n) is 45.8. The number of carbonyl (C=O) groups is 10. The van der Waals surface area contributed by atoms with E-state index in [9.17, 15) is 78.3 Å². The number of allylic oxidation sites excluding steroid dienone is 4. The predicted octanol–water partition coefficient (Wildman–Crippen LogP) is 17.9. The van der Waals surface area contributed by atoms with E-state index < -0.39 is 129 Å². The Labute approximate surface area is 795 Å². The summed E-state index contributed by atoms with van der Waals surface area (Å²) in [5, 5.41) is 38.2. The standard InChI is InChI=1S/C35H45N3O10.C33H41N3O10.C21H27N2.C10H11NO3.2ClH.Ru/c1-4-6-7-8-9-14-28(36-34(43)48-26-12-10-11-13-26)31(40)37-22-27(47-32(41)23-15-17-25(18-16-23)38(44)45)19-29(37)30(39)21-35(33(42)46-3)20-24(35)5-2;1-44-31(40)33-18-22(33)9-5-3-2-4-6-12-26(34-32(41)46-24-10-7-8-11-24)29(38)35-20-25(17-27(35)28(37)19-33)45-30(39)21-13-15-23(16-14-21)36(42)43;1-14-9-16(3)20(17(4)10-14)22-7-8-23(13-22)21-18(5)11-15(2)12-19(21)6;1-7(2)14-10-5-4-9(11(12)13)6-8(10)3;;;/h4-5,15-18,24,26-29H,1-2,6-14,19-22H2,3H3,(H,36,43);5,9,13-16,22,24-27H,2-4,6-8,10-12,17-20H2,1H3,(H,34,41);9-13H,7-8H2,1-6H3;3-7H,1-2H3;2*1H;/q;;-1;;;;+2/p-1/b;9-5-;;;;;/t24-,27+,28+,29+,35-;22-,25+,26+,27+,33-;;;;;/m11...../s1. The van der Waals surface area contributed by atoms with Crippen molar-refractivity contribution in [2.75, 3.05) is 50.2 Å². The van der Waals surface area contributed by atoms with Crippen molar-refractivity contribution in [1.82, 2.24) is 20.4 Å². The third kappa shape index (κ3) is 28.2. The number of ketones is 2. The number of aromatic hydroxyl groups is 1. The van der Waals surface area contributed by atoms with Gasteiger partial charge in [-0.25, -0.2) is 19.2 Å². The molecule has 134 heavy (non-hydrogen) atoms. The summed E-state index contributed by atoms with van der Waals surface area (Å²) in [4.78, 5) is 172. The molecule has 4 saturated carbocycles. The van der Waals surface area contributed by atoms with Crippen molar-refractivity contribution >= 4 is 112 Å². The summed E-state index contributed by atoms with van der Waals surface area (Å²) in [7, 11) is 14.1. The molecule has 4 aliphatic heterocycles. The Bertz CT molecular complexity index is 5080.